The molecule has 6 nitrogen and oxygen atoms in total. The summed E-state index contributed by atoms with van der Waals surface area (Å²) in [4.78, 5) is 12.3. The lowest BCUT2D eigenvalue weighted by Crippen LogP contribution is -2.37. The lowest BCUT2D eigenvalue weighted by Gasteiger charge is -2.26. The molecule has 1 aliphatic heterocycles. The SMILES string of the molecule is CCC(N1Cc2ccccc2C1)S(=O)(=O)c1ccc([N+](=O)[O-])cc1. The molecule has 0 radical (unpaired) electrons. The van der Waals surface area contributed by atoms with Crippen molar-refractivity contribution >= 4 is 15.5 Å². The van der Waals surface area contributed by atoms with Gasteiger partial charge in [-0.25, -0.2) is 8.42 Å². The molecule has 0 N–H and O–H groups in total. The second kappa shape index (κ2) is 6.33. The molecule has 1 unspecified atom stereocenters. The molecule has 3 rings (SSSR count). The summed E-state index contributed by atoms with van der Waals surface area (Å²) in [6, 6.07) is 13.0. The fourth-order valence-electron chi connectivity index (χ4n) is 3.15. The van der Waals surface area contributed by atoms with Crippen LogP contribution in [0.25, 0.3) is 0 Å². The van der Waals surface area contributed by atoms with Crippen LogP contribution in [0.3, 0.4) is 0 Å². The zero-order valence-electron chi connectivity index (χ0n) is 13.3. The van der Waals surface area contributed by atoms with Gasteiger partial charge in [0, 0.05) is 25.2 Å². The van der Waals surface area contributed by atoms with E-state index in [-0.39, 0.29) is 10.6 Å². The number of nitro groups is 1. The summed E-state index contributed by atoms with van der Waals surface area (Å²) in [5.74, 6) is 0. The van der Waals surface area contributed by atoms with E-state index in [9.17, 15) is 18.5 Å². The number of nitro benzene ring substituents is 1. The molecule has 0 saturated carbocycles. The third-order valence-corrected chi connectivity index (χ3v) is 6.63. The quantitative estimate of drug-likeness (QED) is 0.614. The molecule has 1 aliphatic rings. The summed E-state index contributed by atoms with van der Waals surface area (Å²) < 4.78 is 25.9. The fraction of sp³-hybridized carbons (Fsp3) is 0.294. The number of hydrogen-bond donors (Lipinski definition) is 0. The number of fused-ring (bicyclic) bond motifs is 1. The predicted octanol–water partition coefficient (Wildman–Crippen LogP) is 3.12. The Balaban J connectivity index is 1.88. The minimum Gasteiger partial charge on any atom is -0.278 e. The summed E-state index contributed by atoms with van der Waals surface area (Å²) in [5, 5.41) is 10.1. The maximum absolute atomic E-state index is 13.0. The Bertz CT molecular complexity index is 837. The molecule has 126 valence electrons. The molecule has 0 aromatic heterocycles. The van der Waals surface area contributed by atoms with Gasteiger partial charge in [0.05, 0.1) is 9.82 Å². The minimum atomic E-state index is -3.59. The Hall–Kier alpha value is -2.25. The number of benzene rings is 2. The van der Waals surface area contributed by atoms with E-state index in [2.05, 4.69) is 0 Å². The minimum absolute atomic E-state index is 0.115. The van der Waals surface area contributed by atoms with Gasteiger partial charge in [-0.1, -0.05) is 31.2 Å². The second-order valence-corrected chi connectivity index (χ2v) is 7.94. The van der Waals surface area contributed by atoms with Gasteiger partial charge in [-0.3, -0.25) is 15.0 Å². The van der Waals surface area contributed by atoms with Crippen LogP contribution >= 0.6 is 0 Å². The lowest BCUT2D eigenvalue weighted by atomic mass is 10.1. The van der Waals surface area contributed by atoms with Crippen molar-refractivity contribution in [1.82, 2.24) is 4.90 Å². The van der Waals surface area contributed by atoms with E-state index in [1.165, 1.54) is 24.3 Å². The maximum Gasteiger partial charge on any atom is 0.269 e. The molecule has 0 saturated heterocycles. The van der Waals surface area contributed by atoms with Crippen molar-refractivity contribution in [3.05, 3.63) is 69.8 Å². The molecule has 0 bridgehead atoms. The number of sulfone groups is 1. The number of rotatable bonds is 5. The van der Waals surface area contributed by atoms with Crippen LogP contribution in [0.5, 0.6) is 0 Å². The predicted molar refractivity (Wildman–Crippen MR) is 90.1 cm³/mol. The molecule has 0 aliphatic carbocycles. The van der Waals surface area contributed by atoms with Gasteiger partial charge in [-0.15, -0.1) is 0 Å². The molecule has 24 heavy (non-hydrogen) atoms. The van der Waals surface area contributed by atoms with E-state index in [1.807, 2.05) is 36.1 Å². The lowest BCUT2D eigenvalue weighted by molar-refractivity contribution is -0.384. The van der Waals surface area contributed by atoms with Crippen LogP contribution in [-0.2, 0) is 22.9 Å². The second-order valence-electron chi connectivity index (χ2n) is 5.83. The topological polar surface area (TPSA) is 80.5 Å². The average Bonchev–Trinajstić information content (AvgIpc) is 2.98. The Kier molecular flexibility index (Phi) is 4.38. The Labute approximate surface area is 140 Å². The maximum atomic E-state index is 13.0. The van der Waals surface area contributed by atoms with Crippen LogP contribution in [0, 0.1) is 10.1 Å². The number of nitrogens with zero attached hydrogens (tertiary/aromatic N) is 2. The molecular weight excluding hydrogens is 328 g/mol. The van der Waals surface area contributed by atoms with E-state index >= 15 is 0 Å². The van der Waals surface area contributed by atoms with Crippen LogP contribution in [-0.4, -0.2) is 23.6 Å². The molecule has 0 amide bonds. The highest BCUT2D eigenvalue weighted by Crippen LogP contribution is 2.30. The average molecular weight is 346 g/mol. The van der Waals surface area contributed by atoms with Crippen molar-refractivity contribution in [1.29, 1.82) is 0 Å². The molecule has 1 atom stereocenters. The fourth-order valence-corrected chi connectivity index (χ4v) is 4.96. The third kappa shape index (κ3) is 2.92. The van der Waals surface area contributed by atoms with Gasteiger partial charge in [0.2, 0.25) is 0 Å². The zero-order chi connectivity index (χ0) is 17.3. The number of non-ortho nitro benzene ring substituents is 1. The Morgan fingerprint density at radius 1 is 1.08 bits per heavy atom. The first-order valence-corrected chi connectivity index (χ1v) is 9.27. The summed E-state index contributed by atoms with van der Waals surface area (Å²) in [5.41, 5.74) is 2.18. The summed E-state index contributed by atoms with van der Waals surface area (Å²) in [7, 11) is -3.59. The first kappa shape index (κ1) is 16.6. The van der Waals surface area contributed by atoms with E-state index < -0.39 is 20.1 Å². The van der Waals surface area contributed by atoms with Crippen molar-refractivity contribution in [3.63, 3.8) is 0 Å². The van der Waals surface area contributed by atoms with Crippen LogP contribution < -0.4 is 0 Å². The van der Waals surface area contributed by atoms with Crippen LogP contribution in [0.4, 0.5) is 5.69 Å². The van der Waals surface area contributed by atoms with Crippen molar-refractivity contribution in [3.8, 4) is 0 Å². The highest BCUT2D eigenvalue weighted by molar-refractivity contribution is 7.92. The first-order valence-electron chi connectivity index (χ1n) is 7.72. The smallest absolute Gasteiger partial charge is 0.269 e. The standard InChI is InChI=1S/C17H18N2O4S/c1-2-17(18-11-13-5-3-4-6-14(13)12-18)24(22,23)16-9-7-15(8-10-16)19(20)21/h3-10,17H,2,11-12H2,1H3. The van der Waals surface area contributed by atoms with Gasteiger partial charge in [0.15, 0.2) is 9.84 Å². The zero-order valence-corrected chi connectivity index (χ0v) is 14.1. The van der Waals surface area contributed by atoms with Crippen LogP contribution in [0.1, 0.15) is 24.5 Å². The monoisotopic (exact) mass is 346 g/mol. The Morgan fingerprint density at radius 2 is 1.62 bits per heavy atom. The normalized spacial score (nSPS) is 15.9. The van der Waals surface area contributed by atoms with Gasteiger partial charge >= 0.3 is 0 Å². The molecule has 2 aromatic rings. The van der Waals surface area contributed by atoms with Gasteiger partial charge < -0.3 is 0 Å². The first-order chi connectivity index (χ1) is 11.4. The molecule has 7 heteroatoms. The van der Waals surface area contributed by atoms with Crippen molar-refractivity contribution in [2.75, 3.05) is 0 Å². The van der Waals surface area contributed by atoms with Gasteiger partial charge in [0.25, 0.3) is 5.69 Å². The van der Waals surface area contributed by atoms with E-state index in [0.717, 1.165) is 11.1 Å². The van der Waals surface area contributed by atoms with E-state index in [1.54, 1.807) is 0 Å². The van der Waals surface area contributed by atoms with Crippen molar-refractivity contribution in [2.24, 2.45) is 0 Å². The largest absolute Gasteiger partial charge is 0.278 e. The van der Waals surface area contributed by atoms with Gasteiger partial charge in [-0.2, -0.15) is 0 Å². The highest BCUT2D eigenvalue weighted by atomic mass is 32.2. The molecule has 1 heterocycles. The number of hydrogen-bond acceptors (Lipinski definition) is 5. The molecule has 2 aromatic carbocycles. The Morgan fingerprint density at radius 3 is 2.08 bits per heavy atom. The van der Waals surface area contributed by atoms with Gasteiger partial charge in [-0.05, 0) is 29.7 Å². The van der Waals surface area contributed by atoms with E-state index in [0.29, 0.717) is 19.5 Å². The molecule has 0 spiro atoms. The van der Waals surface area contributed by atoms with Gasteiger partial charge in [0.1, 0.15) is 5.37 Å². The van der Waals surface area contributed by atoms with Crippen molar-refractivity contribution < 1.29 is 13.3 Å². The van der Waals surface area contributed by atoms with Crippen LogP contribution in [0.15, 0.2) is 53.4 Å². The summed E-state index contributed by atoms with van der Waals surface area (Å²) >= 11 is 0. The third-order valence-electron chi connectivity index (χ3n) is 4.36. The highest BCUT2D eigenvalue weighted by Gasteiger charge is 2.34. The molecule has 0 fully saturated rings. The van der Waals surface area contributed by atoms with Crippen LogP contribution in [0.2, 0.25) is 0 Å². The summed E-state index contributed by atoms with van der Waals surface area (Å²) in [6.07, 6.45) is 0.452. The summed E-state index contributed by atoms with van der Waals surface area (Å²) in [6.45, 7) is 3.04. The van der Waals surface area contributed by atoms with Crippen molar-refractivity contribution in [2.45, 2.75) is 36.7 Å². The van der Waals surface area contributed by atoms with E-state index in [4.69, 9.17) is 0 Å². The molecular formula is C17H18N2O4S.